The van der Waals surface area contributed by atoms with Gasteiger partial charge in [0.05, 0.1) is 19.3 Å². The van der Waals surface area contributed by atoms with E-state index in [9.17, 15) is 9.90 Å². The lowest BCUT2D eigenvalue weighted by Gasteiger charge is -2.38. The molecule has 4 atom stereocenters. The average Bonchev–Trinajstić information content (AvgIpc) is 2.98. The fourth-order valence-corrected chi connectivity index (χ4v) is 3.79. The van der Waals surface area contributed by atoms with Crippen LogP contribution in [0.3, 0.4) is 0 Å². The highest BCUT2D eigenvalue weighted by Crippen LogP contribution is 2.38. The minimum absolute atomic E-state index is 0.0156. The van der Waals surface area contributed by atoms with Gasteiger partial charge in [-0.05, 0) is 36.7 Å². The molecule has 1 saturated heterocycles. The van der Waals surface area contributed by atoms with Crippen molar-refractivity contribution in [2.45, 2.75) is 57.3 Å². The molecule has 3 rings (SSSR count). The van der Waals surface area contributed by atoms with Crippen LogP contribution in [-0.4, -0.2) is 41.3 Å². The van der Waals surface area contributed by atoms with E-state index < -0.39 is 0 Å². The zero-order valence-electron chi connectivity index (χ0n) is 15.0. The summed E-state index contributed by atoms with van der Waals surface area (Å²) >= 11 is 0. The second-order valence-corrected chi connectivity index (χ2v) is 7.15. The highest BCUT2D eigenvalue weighted by Gasteiger charge is 2.40. The fraction of sp³-hybridized carbons (Fsp3) is 0.667. The van der Waals surface area contributed by atoms with Crippen LogP contribution < -0.4 is 20.9 Å². The number of hydrazine groups is 1. The third-order valence-corrected chi connectivity index (χ3v) is 5.55. The van der Waals surface area contributed by atoms with E-state index in [2.05, 4.69) is 35.0 Å². The number of methoxy groups -OCH3 is 1. The number of carbonyl (C=O) groups is 1. The van der Waals surface area contributed by atoms with Crippen LogP contribution in [0.5, 0.6) is 5.88 Å². The van der Waals surface area contributed by atoms with Gasteiger partial charge in [0, 0.05) is 18.3 Å². The maximum Gasteiger partial charge on any atom is 0.239 e. The number of nitrogens with one attached hydrogen (secondary N) is 3. The second-order valence-electron chi connectivity index (χ2n) is 7.15. The summed E-state index contributed by atoms with van der Waals surface area (Å²) in [6.45, 7) is 4.19. The lowest BCUT2D eigenvalue weighted by molar-refractivity contribution is -0.125. The normalized spacial score (nSPS) is 32.7. The third-order valence-electron chi connectivity index (χ3n) is 5.55. The Bertz CT molecular complexity index is 588. The number of aliphatic hydroxyl groups is 1. The Morgan fingerprint density at radius 1 is 1.44 bits per heavy atom. The summed E-state index contributed by atoms with van der Waals surface area (Å²) in [6, 6.07) is 3.62. The average molecular weight is 348 g/mol. The number of carbonyl (C=O) groups excluding carboxylic acids is 1. The minimum atomic E-state index is -0.273. The first-order chi connectivity index (χ1) is 12.0. The molecule has 4 N–H and O–H groups in total. The molecular formula is C18H28N4O3. The zero-order valence-corrected chi connectivity index (χ0v) is 15.0. The third kappa shape index (κ3) is 3.78. The van der Waals surface area contributed by atoms with Gasteiger partial charge in [-0.1, -0.05) is 19.9 Å². The number of hydrogen-bond donors (Lipinski definition) is 4. The van der Waals surface area contributed by atoms with E-state index in [-0.39, 0.29) is 35.9 Å². The fourth-order valence-electron chi connectivity index (χ4n) is 3.79. The van der Waals surface area contributed by atoms with E-state index in [1.165, 1.54) is 0 Å². The monoisotopic (exact) mass is 348 g/mol. The largest absolute Gasteiger partial charge is 0.481 e. The summed E-state index contributed by atoms with van der Waals surface area (Å²) in [5.41, 5.74) is 7.26. The smallest absolute Gasteiger partial charge is 0.239 e. The number of aliphatic hydroxyl groups excluding tert-OH is 1. The Labute approximate surface area is 148 Å². The second kappa shape index (κ2) is 7.68. The molecule has 7 heteroatoms. The van der Waals surface area contributed by atoms with Crippen LogP contribution >= 0.6 is 0 Å². The molecule has 0 bridgehead atoms. The van der Waals surface area contributed by atoms with Gasteiger partial charge >= 0.3 is 0 Å². The molecule has 0 radical (unpaired) electrons. The molecule has 1 aliphatic carbocycles. The van der Waals surface area contributed by atoms with Crippen LogP contribution in [0.2, 0.25) is 0 Å². The molecule has 0 aromatic carbocycles. The van der Waals surface area contributed by atoms with Gasteiger partial charge in [0.25, 0.3) is 0 Å². The molecule has 1 saturated carbocycles. The molecule has 1 aliphatic heterocycles. The van der Waals surface area contributed by atoms with Crippen LogP contribution in [0, 0.1) is 11.8 Å². The van der Waals surface area contributed by atoms with Crippen molar-refractivity contribution < 1.29 is 14.6 Å². The molecule has 7 nitrogen and oxygen atoms in total. The van der Waals surface area contributed by atoms with Crippen molar-refractivity contribution in [2.24, 2.45) is 11.8 Å². The number of pyridine rings is 1. The first-order valence-electron chi connectivity index (χ1n) is 9.02. The van der Waals surface area contributed by atoms with E-state index in [1.54, 1.807) is 19.4 Å². The number of nitrogens with zero attached hydrogens (tertiary/aromatic N) is 1. The van der Waals surface area contributed by atoms with Crippen molar-refractivity contribution in [1.29, 1.82) is 0 Å². The SMILES string of the molecule is CCC1NNC(C(=O)NC(c2ccc(OC)nc2)C2CC(O)C2)C1C. The molecule has 138 valence electrons. The van der Waals surface area contributed by atoms with Gasteiger partial charge in [-0.15, -0.1) is 0 Å². The Balaban J connectivity index is 1.72. The zero-order chi connectivity index (χ0) is 18.0. The van der Waals surface area contributed by atoms with Crippen molar-refractivity contribution >= 4 is 5.91 Å². The summed E-state index contributed by atoms with van der Waals surface area (Å²) in [7, 11) is 1.58. The molecule has 2 fully saturated rings. The first-order valence-corrected chi connectivity index (χ1v) is 9.02. The van der Waals surface area contributed by atoms with E-state index in [1.807, 2.05) is 6.07 Å². The van der Waals surface area contributed by atoms with Gasteiger partial charge in [0.2, 0.25) is 11.8 Å². The van der Waals surface area contributed by atoms with Crippen LogP contribution in [0.4, 0.5) is 0 Å². The van der Waals surface area contributed by atoms with E-state index in [0.717, 1.165) is 12.0 Å². The van der Waals surface area contributed by atoms with Crippen molar-refractivity contribution in [2.75, 3.05) is 7.11 Å². The van der Waals surface area contributed by atoms with Crippen LogP contribution in [-0.2, 0) is 4.79 Å². The number of aromatic nitrogens is 1. The molecule has 2 aliphatic rings. The van der Waals surface area contributed by atoms with Crippen LogP contribution in [0.15, 0.2) is 18.3 Å². The van der Waals surface area contributed by atoms with Crippen molar-refractivity contribution in [3.05, 3.63) is 23.9 Å². The van der Waals surface area contributed by atoms with Gasteiger partial charge in [0.1, 0.15) is 6.04 Å². The van der Waals surface area contributed by atoms with Crippen molar-refractivity contribution in [3.63, 3.8) is 0 Å². The number of rotatable bonds is 6. The number of ether oxygens (including phenoxy) is 1. The van der Waals surface area contributed by atoms with Gasteiger partial charge < -0.3 is 15.2 Å². The van der Waals surface area contributed by atoms with Gasteiger partial charge in [-0.25, -0.2) is 10.4 Å². The Hall–Kier alpha value is -1.70. The summed E-state index contributed by atoms with van der Waals surface area (Å²) in [5.74, 6) is 0.967. The quantitative estimate of drug-likeness (QED) is 0.610. The Kier molecular flexibility index (Phi) is 5.56. The molecule has 4 unspecified atom stereocenters. The van der Waals surface area contributed by atoms with E-state index in [4.69, 9.17) is 4.74 Å². The van der Waals surface area contributed by atoms with Gasteiger partial charge in [0.15, 0.2) is 0 Å². The molecule has 1 aromatic heterocycles. The highest BCUT2D eigenvalue weighted by molar-refractivity contribution is 5.83. The Morgan fingerprint density at radius 3 is 2.72 bits per heavy atom. The molecule has 25 heavy (non-hydrogen) atoms. The predicted molar refractivity (Wildman–Crippen MR) is 93.7 cm³/mol. The number of amides is 1. The molecule has 1 amide bonds. The predicted octanol–water partition coefficient (Wildman–Crippen LogP) is 0.910. The summed E-state index contributed by atoms with van der Waals surface area (Å²) in [6.07, 6.45) is 3.83. The standard InChI is InChI=1S/C18H28N4O3/c1-4-14-10(2)16(22-21-14)18(24)20-17(12-7-13(23)8-12)11-5-6-15(25-3)19-9-11/h5-6,9-10,12-14,16-17,21-23H,4,7-8H2,1-3H3,(H,20,24). The van der Waals surface area contributed by atoms with E-state index in [0.29, 0.717) is 24.8 Å². The maximum atomic E-state index is 12.8. The molecule has 1 aromatic rings. The van der Waals surface area contributed by atoms with Gasteiger partial charge in [-0.2, -0.15) is 0 Å². The van der Waals surface area contributed by atoms with E-state index >= 15 is 0 Å². The lowest BCUT2D eigenvalue weighted by Crippen LogP contribution is -2.49. The van der Waals surface area contributed by atoms with Crippen molar-refractivity contribution in [3.8, 4) is 5.88 Å². The summed E-state index contributed by atoms with van der Waals surface area (Å²) < 4.78 is 5.11. The maximum absolute atomic E-state index is 12.8. The summed E-state index contributed by atoms with van der Waals surface area (Å²) in [5, 5.41) is 12.9. The Morgan fingerprint density at radius 2 is 2.20 bits per heavy atom. The van der Waals surface area contributed by atoms with Gasteiger partial charge in [-0.3, -0.25) is 10.2 Å². The topological polar surface area (TPSA) is 95.5 Å². The highest BCUT2D eigenvalue weighted by atomic mass is 16.5. The number of hydrogen-bond acceptors (Lipinski definition) is 6. The summed E-state index contributed by atoms with van der Waals surface area (Å²) in [4.78, 5) is 17.1. The molecule has 0 spiro atoms. The van der Waals surface area contributed by atoms with Crippen LogP contribution in [0.1, 0.15) is 44.7 Å². The minimum Gasteiger partial charge on any atom is -0.481 e. The molecular weight excluding hydrogens is 320 g/mol. The van der Waals surface area contributed by atoms with Crippen molar-refractivity contribution in [1.82, 2.24) is 21.2 Å². The molecule has 2 heterocycles. The first kappa shape index (κ1) is 18.1. The lowest BCUT2D eigenvalue weighted by atomic mass is 9.75. The van der Waals surface area contributed by atoms with Crippen LogP contribution in [0.25, 0.3) is 0 Å².